The van der Waals surface area contributed by atoms with Gasteiger partial charge in [-0.3, -0.25) is 9.35 Å². The first-order valence-corrected chi connectivity index (χ1v) is 11.6. The number of aromatic hydroxyl groups is 1. The largest absolute Gasteiger partial charge is 0.505 e. The monoisotopic (exact) mass is 578 g/mol. The van der Waals surface area contributed by atoms with Crippen LogP contribution in [0, 0.1) is 0 Å². The van der Waals surface area contributed by atoms with Crippen LogP contribution >= 0.6 is 55.1 Å². The highest BCUT2D eigenvalue weighted by atomic mass is 79.9. The van der Waals surface area contributed by atoms with E-state index in [4.69, 9.17) is 23.2 Å². The fourth-order valence-electron chi connectivity index (χ4n) is 2.79. The van der Waals surface area contributed by atoms with Gasteiger partial charge in [0.25, 0.3) is 10.1 Å². The van der Waals surface area contributed by atoms with E-state index in [1.165, 1.54) is 42.5 Å². The molecule has 29 heavy (non-hydrogen) atoms. The Morgan fingerprint density at radius 3 is 2.28 bits per heavy atom. The summed E-state index contributed by atoms with van der Waals surface area (Å²) in [5.41, 5.74) is 1.29. The summed E-state index contributed by atoms with van der Waals surface area (Å²) in [7, 11) is -4.57. The van der Waals surface area contributed by atoms with Gasteiger partial charge in [-0.2, -0.15) is 8.42 Å². The molecule has 150 valence electrons. The topological polar surface area (TPSA) is 91.7 Å². The predicted molar refractivity (Wildman–Crippen MR) is 119 cm³/mol. The maximum Gasteiger partial charge on any atom is 0.295 e. The van der Waals surface area contributed by atoms with Crippen LogP contribution in [0.5, 0.6) is 5.75 Å². The smallest absolute Gasteiger partial charge is 0.295 e. The van der Waals surface area contributed by atoms with Crippen LogP contribution in [0.15, 0.2) is 73.0 Å². The molecule has 2 N–H and O–H groups in total. The third-order valence-electron chi connectivity index (χ3n) is 4.03. The summed E-state index contributed by atoms with van der Waals surface area (Å²) in [5, 5.41) is 9.90. The van der Waals surface area contributed by atoms with E-state index in [0.717, 1.165) is 0 Å². The second kappa shape index (κ2) is 8.37. The lowest BCUT2D eigenvalue weighted by Gasteiger charge is -2.18. The van der Waals surface area contributed by atoms with Crippen LogP contribution in [-0.4, -0.2) is 23.9 Å². The minimum absolute atomic E-state index is 0.0156. The third-order valence-corrected chi connectivity index (χ3v) is 6.70. The predicted octanol–water partition coefficient (Wildman–Crippen LogP) is 5.84. The molecule has 0 radical (unpaired) electrons. The van der Waals surface area contributed by atoms with E-state index in [9.17, 15) is 22.9 Å². The first-order valence-electron chi connectivity index (χ1n) is 7.79. The molecule has 0 fully saturated rings. The summed E-state index contributed by atoms with van der Waals surface area (Å²) in [6, 6.07) is 8.78. The molecule has 2 aromatic rings. The van der Waals surface area contributed by atoms with Crippen LogP contribution in [0.25, 0.3) is 5.57 Å². The molecule has 0 unspecified atom stereocenters. The quantitative estimate of drug-likeness (QED) is 0.445. The van der Waals surface area contributed by atoms with Crippen molar-refractivity contribution in [1.29, 1.82) is 0 Å². The molecule has 0 heterocycles. The van der Waals surface area contributed by atoms with Gasteiger partial charge >= 0.3 is 0 Å². The van der Waals surface area contributed by atoms with Crippen molar-refractivity contribution in [2.75, 3.05) is 0 Å². The van der Waals surface area contributed by atoms with E-state index in [1.54, 1.807) is 6.07 Å². The van der Waals surface area contributed by atoms with E-state index in [0.29, 0.717) is 16.7 Å². The van der Waals surface area contributed by atoms with Crippen molar-refractivity contribution in [3.8, 4) is 5.75 Å². The minimum atomic E-state index is -4.57. The molecule has 5 nitrogen and oxygen atoms in total. The van der Waals surface area contributed by atoms with Gasteiger partial charge in [0, 0.05) is 5.56 Å². The van der Waals surface area contributed by atoms with Crippen LogP contribution in [0.4, 0.5) is 0 Å². The molecule has 0 bridgehead atoms. The van der Waals surface area contributed by atoms with E-state index < -0.39 is 15.9 Å². The van der Waals surface area contributed by atoms with Gasteiger partial charge < -0.3 is 5.11 Å². The zero-order valence-corrected chi connectivity index (χ0v) is 19.7. The van der Waals surface area contributed by atoms with E-state index >= 15 is 0 Å². The Kier molecular flexibility index (Phi) is 6.43. The molecular formula is C19H10Br2Cl2O5S. The molecule has 0 saturated carbocycles. The van der Waals surface area contributed by atoms with Crippen molar-refractivity contribution >= 4 is 76.5 Å². The van der Waals surface area contributed by atoms with Crippen molar-refractivity contribution in [3.05, 3.63) is 84.3 Å². The van der Waals surface area contributed by atoms with Gasteiger partial charge in [-0.1, -0.05) is 41.4 Å². The number of phenolic OH excluding ortho intramolecular Hbond substituents is 1. The van der Waals surface area contributed by atoms with Crippen molar-refractivity contribution in [3.63, 3.8) is 0 Å². The molecule has 0 aromatic heterocycles. The van der Waals surface area contributed by atoms with E-state index in [2.05, 4.69) is 31.9 Å². The highest BCUT2D eigenvalue weighted by molar-refractivity contribution is 9.12. The maximum absolute atomic E-state index is 12.0. The zero-order valence-electron chi connectivity index (χ0n) is 14.2. The second-order valence-corrected chi connectivity index (χ2v) is 9.82. The number of hydrogen-bond donors (Lipinski definition) is 2. The summed E-state index contributed by atoms with van der Waals surface area (Å²) >= 11 is 18.5. The van der Waals surface area contributed by atoms with Crippen molar-refractivity contribution in [1.82, 2.24) is 0 Å². The molecule has 0 saturated heterocycles. The molecule has 1 aliphatic carbocycles. The number of allylic oxidation sites excluding steroid dienone is 5. The number of halogens is 4. The number of carbonyl (C=O) groups is 1. The molecule has 2 aromatic carbocycles. The molecule has 0 amide bonds. The number of rotatable bonds is 3. The normalized spacial score (nSPS) is 16.4. The van der Waals surface area contributed by atoms with Crippen LogP contribution in [-0.2, 0) is 14.9 Å². The number of ketones is 1. The van der Waals surface area contributed by atoms with Gasteiger partial charge in [-0.05, 0) is 78.9 Å². The average Bonchev–Trinajstić information content (AvgIpc) is 2.64. The lowest BCUT2D eigenvalue weighted by atomic mass is 9.90. The molecule has 10 heteroatoms. The van der Waals surface area contributed by atoms with Gasteiger partial charge in [-0.25, -0.2) is 0 Å². The van der Waals surface area contributed by atoms with Gasteiger partial charge in [0.2, 0.25) is 5.78 Å². The van der Waals surface area contributed by atoms with Crippen molar-refractivity contribution < 1.29 is 22.9 Å². The van der Waals surface area contributed by atoms with Crippen LogP contribution in [0.2, 0.25) is 5.02 Å². The Balaban J connectivity index is 2.47. The van der Waals surface area contributed by atoms with E-state index in [-0.39, 0.29) is 35.2 Å². The number of carbonyl (C=O) groups excluding carboxylic acids is 1. The fraction of sp³-hybridized carbons (Fsp3) is 0. The Bertz CT molecular complexity index is 1200. The average molecular weight is 581 g/mol. The number of benzene rings is 2. The summed E-state index contributed by atoms with van der Waals surface area (Å²) in [6.45, 7) is 0. The van der Waals surface area contributed by atoms with E-state index in [1.807, 2.05) is 0 Å². The Labute approximate surface area is 193 Å². The number of Topliss-reactive ketones (excluding diaryl/α,β-unsaturated/α-hetero) is 1. The van der Waals surface area contributed by atoms with Crippen LogP contribution < -0.4 is 0 Å². The molecule has 1 aliphatic rings. The lowest BCUT2D eigenvalue weighted by molar-refractivity contribution is -0.111. The first kappa shape index (κ1) is 22.3. The fourth-order valence-corrected chi connectivity index (χ4v) is 5.08. The van der Waals surface area contributed by atoms with Gasteiger partial charge in [0.15, 0.2) is 0 Å². The maximum atomic E-state index is 12.0. The van der Waals surface area contributed by atoms with Gasteiger partial charge in [-0.15, -0.1) is 0 Å². The van der Waals surface area contributed by atoms with Crippen LogP contribution in [0.3, 0.4) is 0 Å². The summed E-state index contributed by atoms with van der Waals surface area (Å²) < 4.78 is 34.1. The molecule has 3 rings (SSSR count). The number of hydrogen-bond acceptors (Lipinski definition) is 4. The van der Waals surface area contributed by atoms with Gasteiger partial charge in [0.05, 0.1) is 19.0 Å². The summed E-state index contributed by atoms with van der Waals surface area (Å²) in [4.78, 5) is 11.7. The molecule has 0 aliphatic heterocycles. The van der Waals surface area contributed by atoms with Gasteiger partial charge in [0.1, 0.15) is 10.6 Å². The third kappa shape index (κ3) is 4.52. The van der Waals surface area contributed by atoms with Crippen molar-refractivity contribution in [2.45, 2.75) is 4.90 Å². The van der Waals surface area contributed by atoms with Crippen LogP contribution in [0.1, 0.15) is 11.1 Å². The summed E-state index contributed by atoms with van der Waals surface area (Å²) in [5.74, 6) is -0.616. The standard InChI is InChI=1S/C19H10Br2Cl2O5S/c20-12-5-9(7-14(22)18(12)24)17(10-6-13(21)19(25)15(23)8-10)11-3-1-2-4-16(11)29(26,27)28/h1-8,24H,(H,26,27,28). The molecule has 0 spiro atoms. The highest BCUT2D eigenvalue weighted by Gasteiger charge is 2.25. The SMILES string of the molecule is O=C1C(Cl)=CC(=C(c2cc(Cl)c(O)c(Br)c2)c2ccccc2S(=O)(=O)O)C=C1Br. The molecule has 0 atom stereocenters. The Hall–Kier alpha value is -1.42. The van der Waals surface area contributed by atoms with Crippen molar-refractivity contribution in [2.24, 2.45) is 0 Å². The lowest BCUT2D eigenvalue weighted by Crippen LogP contribution is -2.07. The Morgan fingerprint density at radius 2 is 1.69 bits per heavy atom. The molecular weight excluding hydrogens is 571 g/mol. The Morgan fingerprint density at radius 1 is 1.03 bits per heavy atom. The first-order chi connectivity index (χ1) is 13.5. The highest BCUT2D eigenvalue weighted by Crippen LogP contribution is 2.41. The minimum Gasteiger partial charge on any atom is -0.505 e. The zero-order chi connectivity index (χ0) is 21.5. The number of phenols is 1. The second-order valence-electron chi connectivity index (χ2n) is 5.90. The summed E-state index contributed by atoms with van der Waals surface area (Å²) in [6.07, 6.45) is 2.87.